The van der Waals surface area contributed by atoms with E-state index in [0.29, 0.717) is 21.4 Å². The third kappa shape index (κ3) is 3.29. The number of hydrogen-bond donors (Lipinski definition) is 0. The summed E-state index contributed by atoms with van der Waals surface area (Å²) >= 11 is 12.4. The fraction of sp³-hybridized carbons (Fsp3) is 0. The molecule has 0 saturated carbocycles. The van der Waals surface area contributed by atoms with E-state index in [1.54, 1.807) is 30.9 Å². The average molecular weight is 403 g/mol. The Kier molecular flexibility index (Phi) is 5.41. The van der Waals surface area contributed by atoms with Crippen LogP contribution in [0.3, 0.4) is 0 Å². The van der Waals surface area contributed by atoms with Gasteiger partial charge in [-0.05, 0) is 18.2 Å². The molecule has 0 radical (unpaired) electrons. The van der Waals surface area contributed by atoms with Gasteiger partial charge in [0.2, 0.25) is 0 Å². The smallest absolute Gasteiger partial charge is 0.139 e. The van der Waals surface area contributed by atoms with Crippen LogP contribution < -0.4 is 0 Å². The molecule has 0 N–H and O–H groups in total. The Balaban J connectivity index is 0.00000161. The van der Waals surface area contributed by atoms with Crippen LogP contribution in [0.25, 0.3) is 22.4 Å². The molecule has 6 heteroatoms. The second-order valence-electron chi connectivity index (χ2n) is 4.10. The second-order valence-corrected chi connectivity index (χ2v) is 4.87. The fourth-order valence-corrected chi connectivity index (χ4v) is 2.52. The SMILES string of the molecule is Clc1ccnc(Cl)c1-c1ncccc1-c1cccnc1.[Ru]. The first-order valence-corrected chi connectivity index (χ1v) is 6.69. The maximum Gasteiger partial charge on any atom is 0.139 e. The van der Waals surface area contributed by atoms with Crippen LogP contribution >= 0.6 is 23.2 Å². The molecule has 3 nitrogen and oxygen atoms in total. The number of hydrogen-bond acceptors (Lipinski definition) is 3. The summed E-state index contributed by atoms with van der Waals surface area (Å²) < 4.78 is 0. The average Bonchev–Trinajstić information content (AvgIpc) is 2.48. The van der Waals surface area contributed by atoms with Crippen molar-refractivity contribution in [2.75, 3.05) is 0 Å². The standard InChI is InChI=1S/C15H9Cl2N3.Ru/c16-12-5-8-20-15(17)13(12)14-11(4-2-7-19-14)10-3-1-6-18-9-10;/h1-9H;. The Labute approximate surface area is 145 Å². The molecule has 3 aromatic rings. The van der Waals surface area contributed by atoms with Gasteiger partial charge in [0.05, 0.1) is 16.3 Å². The zero-order valence-corrected chi connectivity index (χ0v) is 13.9. The number of aromatic nitrogens is 3. The zero-order valence-electron chi connectivity index (χ0n) is 10.6. The van der Waals surface area contributed by atoms with Crippen LogP contribution in [0.5, 0.6) is 0 Å². The molecule has 106 valence electrons. The molecule has 0 spiro atoms. The topological polar surface area (TPSA) is 38.7 Å². The third-order valence-electron chi connectivity index (χ3n) is 2.87. The first-order valence-electron chi connectivity index (χ1n) is 5.93. The van der Waals surface area contributed by atoms with Crippen molar-refractivity contribution in [3.05, 3.63) is 65.3 Å². The van der Waals surface area contributed by atoms with Crippen molar-refractivity contribution in [2.24, 2.45) is 0 Å². The molecule has 0 aromatic carbocycles. The van der Waals surface area contributed by atoms with Gasteiger partial charge in [-0.3, -0.25) is 9.97 Å². The Morgan fingerprint density at radius 1 is 0.857 bits per heavy atom. The molecule has 0 aliphatic heterocycles. The number of rotatable bonds is 2. The van der Waals surface area contributed by atoms with Gasteiger partial charge in [-0.15, -0.1) is 0 Å². The molecule has 0 bridgehead atoms. The van der Waals surface area contributed by atoms with Crippen molar-refractivity contribution in [3.63, 3.8) is 0 Å². The predicted octanol–water partition coefficient (Wildman–Crippen LogP) is 4.51. The molecule has 0 amide bonds. The van der Waals surface area contributed by atoms with E-state index in [1.165, 1.54) is 0 Å². The molecule has 3 aromatic heterocycles. The summed E-state index contributed by atoms with van der Waals surface area (Å²) in [7, 11) is 0. The Morgan fingerprint density at radius 3 is 2.38 bits per heavy atom. The van der Waals surface area contributed by atoms with Gasteiger partial charge in [0.15, 0.2) is 0 Å². The summed E-state index contributed by atoms with van der Waals surface area (Å²) in [5, 5.41) is 0.857. The van der Waals surface area contributed by atoms with Gasteiger partial charge in [-0.2, -0.15) is 0 Å². The van der Waals surface area contributed by atoms with Crippen LogP contribution in [0, 0.1) is 0 Å². The van der Waals surface area contributed by atoms with Crippen LogP contribution in [-0.4, -0.2) is 15.0 Å². The maximum atomic E-state index is 6.24. The van der Waals surface area contributed by atoms with E-state index in [-0.39, 0.29) is 19.5 Å². The fourth-order valence-electron chi connectivity index (χ4n) is 1.98. The van der Waals surface area contributed by atoms with E-state index in [9.17, 15) is 0 Å². The van der Waals surface area contributed by atoms with Crippen LogP contribution in [0.2, 0.25) is 10.2 Å². The zero-order chi connectivity index (χ0) is 13.9. The molecule has 21 heavy (non-hydrogen) atoms. The molecule has 3 heterocycles. The Morgan fingerprint density at radius 2 is 1.67 bits per heavy atom. The molecular formula is C15H9Cl2N3Ru. The molecule has 0 aliphatic rings. The molecule has 3 rings (SSSR count). The van der Waals surface area contributed by atoms with E-state index < -0.39 is 0 Å². The summed E-state index contributed by atoms with van der Waals surface area (Å²) in [6, 6.07) is 9.36. The van der Waals surface area contributed by atoms with Crippen molar-refractivity contribution in [2.45, 2.75) is 0 Å². The Hall–Kier alpha value is -1.35. The van der Waals surface area contributed by atoms with Gasteiger partial charge in [0.1, 0.15) is 5.15 Å². The minimum Gasteiger partial charge on any atom is -0.264 e. The van der Waals surface area contributed by atoms with Crippen molar-refractivity contribution < 1.29 is 19.5 Å². The summed E-state index contributed by atoms with van der Waals surface area (Å²) in [5.74, 6) is 0. The predicted molar refractivity (Wildman–Crippen MR) is 80.7 cm³/mol. The van der Waals surface area contributed by atoms with Gasteiger partial charge in [0.25, 0.3) is 0 Å². The van der Waals surface area contributed by atoms with Gasteiger partial charge in [0, 0.05) is 55.4 Å². The first-order chi connectivity index (χ1) is 9.77. The van der Waals surface area contributed by atoms with E-state index in [1.807, 2.05) is 24.3 Å². The maximum absolute atomic E-state index is 6.24. The van der Waals surface area contributed by atoms with Crippen molar-refractivity contribution in [1.82, 2.24) is 15.0 Å². The normalized spacial score (nSPS) is 10.0. The third-order valence-corrected chi connectivity index (χ3v) is 3.47. The molecule has 0 unspecified atom stereocenters. The monoisotopic (exact) mass is 403 g/mol. The molecule has 0 aliphatic carbocycles. The van der Waals surface area contributed by atoms with Gasteiger partial charge >= 0.3 is 0 Å². The molecule has 0 saturated heterocycles. The van der Waals surface area contributed by atoms with Crippen molar-refractivity contribution in [1.29, 1.82) is 0 Å². The van der Waals surface area contributed by atoms with Crippen molar-refractivity contribution >= 4 is 23.2 Å². The number of pyridine rings is 3. The van der Waals surface area contributed by atoms with Crippen LogP contribution in [0.4, 0.5) is 0 Å². The van der Waals surface area contributed by atoms with E-state index in [0.717, 1.165) is 11.1 Å². The largest absolute Gasteiger partial charge is 0.264 e. The molecular weight excluding hydrogens is 394 g/mol. The number of nitrogens with zero attached hydrogens (tertiary/aromatic N) is 3. The van der Waals surface area contributed by atoms with Crippen LogP contribution in [0.15, 0.2) is 55.1 Å². The van der Waals surface area contributed by atoms with Gasteiger partial charge < -0.3 is 0 Å². The summed E-state index contributed by atoms with van der Waals surface area (Å²) in [6.45, 7) is 0. The molecule has 0 atom stereocenters. The van der Waals surface area contributed by atoms with E-state index in [2.05, 4.69) is 15.0 Å². The first kappa shape index (κ1) is 16.0. The van der Waals surface area contributed by atoms with Crippen LogP contribution in [0.1, 0.15) is 0 Å². The van der Waals surface area contributed by atoms with Gasteiger partial charge in [-0.1, -0.05) is 35.3 Å². The van der Waals surface area contributed by atoms with Gasteiger partial charge in [-0.25, -0.2) is 4.98 Å². The van der Waals surface area contributed by atoms with E-state index >= 15 is 0 Å². The summed E-state index contributed by atoms with van der Waals surface area (Å²) in [5.41, 5.74) is 3.20. The van der Waals surface area contributed by atoms with Crippen molar-refractivity contribution in [3.8, 4) is 22.4 Å². The Bertz CT molecular complexity index is 731. The quantitative estimate of drug-likeness (QED) is 0.467. The van der Waals surface area contributed by atoms with E-state index in [4.69, 9.17) is 23.2 Å². The van der Waals surface area contributed by atoms with Crippen LogP contribution in [-0.2, 0) is 19.5 Å². The summed E-state index contributed by atoms with van der Waals surface area (Å²) in [4.78, 5) is 12.6. The second kappa shape index (κ2) is 7.08. The summed E-state index contributed by atoms with van der Waals surface area (Å²) in [6.07, 6.45) is 6.78. The minimum absolute atomic E-state index is 0. The number of halogens is 2. The molecule has 0 fully saturated rings. The minimum atomic E-state index is 0.